The molecule has 1 unspecified atom stereocenters. The topological polar surface area (TPSA) is 20.2 Å². The largest absolute Gasteiger partial charge is 0.393 e. The highest BCUT2D eigenvalue weighted by Crippen LogP contribution is 2.31. The summed E-state index contributed by atoms with van der Waals surface area (Å²) < 4.78 is 0. The molecule has 1 aliphatic rings. The number of hydrogen-bond acceptors (Lipinski definition) is 1. The molecule has 0 spiro atoms. The minimum atomic E-state index is -0.0911. The van der Waals surface area contributed by atoms with E-state index in [1.54, 1.807) is 0 Å². The summed E-state index contributed by atoms with van der Waals surface area (Å²) in [5, 5.41) is 9.90. The van der Waals surface area contributed by atoms with E-state index in [2.05, 4.69) is 31.2 Å². The van der Waals surface area contributed by atoms with Crippen LogP contribution in [-0.2, 0) is 6.42 Å². The molecular weight excluding hydrogens is 196 g/mol. The summed E-state index contributed by atoms with van der Waals surface area (Å²) in [6, 6.07) is 8.64. The minimum absolute atomic E-state index is 0.0911. The molecule has 1 aromatic rings. The van der Waals surface area contributed by atoms with Gasteiger partial charge in [0.1, 0.15) is 0 Å². The van der Waals surface area contributed by atoms with Gasteiger partial charge in [0.15, 0.2) is 0 Å². The molecule has 0 aliphatic heterocycles. The van der Waals surface area contributed by atoms with Crippen LogP contribution in [0.25, 0.3) is 0 Å². The number of aryl methyl sites for hydroxylation is 2. The van der Waals surface area contributed by atoms with Crippen molar-refractivity contribution in [2.75, 3.05) is 0 Å². The van der Waals surface area contributed by atoms with E-state index in [0.29, 0.717) is 0 Å². The highest BCUT2D eigenvalue weighted by molar-refractivity contribution is 5.21. The van der Waals surface area contributed by atoms with Crippen LogP contribution in [0.2, 0.25) is 0 Å². The zero-order chi connectivity index (χ0) is 11.4. The van der Waals surface area contributed by atoms with Gasteiger partial charge in [-0.1, -0.05) is 49.1 Å². The average Bonchev–Trinajstić information content (AvgIpc) is 2.23. The fourth-order valence-corrected chi connectivity index (χ4v) is 2.32. The molecule has 0 bridgehead atoms. The first kappa shape index (κ1) is 11.7. The maximum Gasteiger partial charge on any atom is 0.0546 e. The average molecular weight is 218 g/mol. The molecule has 1 fully saturated rings. The van der Waals surface area contributed by atoms with Gasteiger partial charge in [-0.2, -0.15) is 0 Å². The molecular formula is C15H22O. The molecule has 2 rings (SSSR count). The Labute approximate surface area is 98.5 Å². The summed E-state index contributed by atoms with van der Waals surface area (Å²) in [5.74, 6) is 0.813. The van der Waals surface area contributed by atoms with E-state index in [1.165, 1.54) is 30.4 Å². The van der Waals surface area contributed by atoms with Crippen molar-refractivity contribution in [2.45, 2.75) is 51.6 Å². The third-order valence-corrected chi connectivity index (χ3v) is 3.72. The molecule has 0 aromatic heterocycles. The van der Waals surface area contributed by atoms with Gasteiger partial charge in [-0.25, -0.2) is 0 Å². The highest BCUT2D eigenvalue weighted by atomic mass is 16.3. The number of rotatable bonds is 5. The second kappa shape index (κ2) is 5.49. The van der Waals surface area contributed by atoms with E-state index in [4.69, 9.17) is 0 Å². The molecule has 1 N–H and O–H groups in total. The van der Waals surface area contributed by atoms with Crippen molar-refractivity contribution in [1.29, 1.82) is 0 Å². The van der Waals surface area contributed by atoms with Crippen molar-refractivity contribution in [1.82, 2.24) is 0 Å². The van der Waals surface area contributed by atoms with Crippen LogP contribution >= 0.6 is 0 Å². The van der Waals surface area contributed by atoms with E-state index < -0.39 is 0 Å². The fourth-order valence-electron chi connectivity index (χ4n) is 2.32. The summed E-state index contributed by atoms with van der Waals surface area (Å²) in [6.07, 6.45) is 6.89. The first-order valence-electron chi connectivity index (χ1n) is 6.47. The third-order valence-electron chi connectivity index (χ3n) is 3.72. The Morgan fingerprint density at radius 1 is 1.25 bits per heavy atom. The quantitative estimate of drug-likeness (QED) is 0.802. The van der Waals surface area contributed by atoms with Gasteiger partial charge in [0.25, 0.3) is 0 Å². The van der Waals surface area contributed by atoms with Crippen LogP contribution in [0.3, 0.4) is 0 Å². The lowest BCUT2D eigenvalue weighted by atomic mass is 9.81. The summed E-state index contributed by atoms with van der Waals surface area (Å²) in [4.78, 5) is 0. The summed E-state index contributed by atoms with van der Waals surface area (Å²) >= 11 is 0. The second-order valence-corrected chi connectivity index (χ2v) is 5.21. The Hall–Kier alpha value is -0.820. The lowest BCUT2D eigenvalue weighted by Crippen LogP contribution is -2.19. The zero-order valence-corrected chi connectivity index (χ0v) is 10.2. The van der Waals surface area contributed by atoms with Crippen LogP contribution in [0, 0.1) is 12.8 Å². The molecule has 0 saturated heterocycles. The first-order valence-corrected chi connectivity index (χ1v) is 6.47. The van der Waals surface area contributed by atoms with Crippen molar-refractivity contribution in [3.8, 4) is 0 Å². The van der Waals surface area contributed by atoms with E-state index in [0.717, 1.165) is 25.2 Å². The normalized spacial score (nSPS) is 18.1. The summed E-state index contributed by atoms with van der Waals surface area (Å²) in [7, 11) is 0. The minimum Gasteiger partial charge on any atom is -0.393 e. The van der Waals surface area contributed by atoms with Gasteiger partial charge >= 0.3 is 0 Å². The molecule has 0 heterocycles. The lowest BCUT2D eigenvalue weighted by Gasteiger charge is -2.27. The van der Waals surface area contributed by atoms with E-state index >= 15 is 0 Å². The fraction of sp³-hybridized carbons (Fsp3) is 0.600. The summed E-state index contributed by atoms with van der Waals surface area (Å²) in [6.45, 7) is 2.11. The number of aliphatic hydroxyl groups excluding tert-OH is 1. The second-order valence-electron chi connectivity index (χ2n) is 5.21. The molecule has 16 heavy (non-hydrogen) atoms. The molecule has 1 heteroatoms. The third kappa shape index (κ3) is 3.34. The SMILES string of the molecule is Cc1ccc(CCC(O)CC2CCC2)cc1. The Bertz CT molecular complexity index is 311. The smallest absolute Gasteiger partial charge is 0.0546 e. The van der Waals surface area contributed by atoms with Gasteiger partial charge in [0.2, 0.25) is 0 Å². The predicted molar refractivity (Wildman–Crippen MR) is 67.5 cm³/mol. The summed E-state index contributed by atoms with van der Waals surface area (Å²) in [5.41, 5.74) is 2.65. The van der Waals surface area contributed by atoms with E-state index in [-0.39, 0.29) is 6.10 Å². The van der Waals surface area contributed by atoms with Crippen LogP contribution < -0.4 is 0 Å². The molecule has 0 amide bonds. The number of aliphatic hydroxyl groups is 1. The van der Waals surface area contributed by atoms with Crippen molar-refractivity contribution in [3.63, 3.8) is 0 Å². The van der Waals surface area contributed by atoms with E-state index in [9.17, 15) is 5.11 Å². The van der Waals surface area contributed by atoms with Gasteiger partial charge in [0.05, 0.1) is 6.10 Å². The molecule has 1 atom stereocenters. The lowest BCUT2D eigenvalue weighted by molar-refractivity contribution is 0.110. The van der Waals surface area contributed by atoms with Crippen molar-refractivity contribution >= 4 is 0 Å². The molecule has 1 saturated carbocycles. The van der Waals surface area contributed by atoms with Gasteiger partial charge < -0.3 is 5.11 Å². The highest BCUT2D eigenvalue weighted by Gasteiger charge is 2.20. The molecule has 1 aliphatic carbocycles. The molecule has 0 radical (unpaired) electrons. The van der Waals surface area contributed by atoms with Gasteiger partial charge in [-0.05, 0) is 37.7 Å². The van der Waals surface area contributed by atoms with Gasteiger partial charge in [0, 0.05) is 0 Å². The first-order chi connectivity index (χ1) is 7.74. The Morgan fingerprint density at radius 2 is 1.94 bits per heavy atom. The van der Waals surface area contributed by atoms with Crippen LogP contribution in [0.4, 0.5) is 0 Å². The van der Waals surface area contributed by atoms with E-state index in [1.807, 2.05) is 0 Å². The monoisotopic (exact) mass is 218 g/mol. The molecule has 1 aromatic carbocycles. The van der Waals surface area contributed by atoms with Crippen molar-refractivity contribution in [3.05, 3.63) is 35.4 Å². The van der Waals surface area contributed by atoms with Gasteiger partial charge in [-0.3, -0.25) is 0 Å². The Morgan fingerprint density at radius 3 is 2.50 bits per heavy atom. The van der Waals surface area contributed by atoms with Crippen molar-refractivity contribution in [2.24, 2.45) is 5.92 Å². The molecule has 1 nitrogen and oxygen atoms in total. The Balaban J connectivity index is 1.71. The maximum absolute atomic E-state index is 9.90. The molecule has 88 valence electrons. The standard InChI is InChI=1S/C15H22O/c1-12-5-7-13(8-6-12)9-10-15(16)11-14-3-2-4-14/h5-8,14-16H,2-4,9-11H2,1H3. The zero-order valence-electron chi connectivity index (χ0n) is 10.2. The van der Waals surface area contributed by atoms with Crippen LogP contribution in [-0.4, -0.2) is 11.2 Å². The van der Waals surface area contributed by atoms with Crippen molar-refractivity contribution < 1.29 is 5.11 Å². The van der Waals surface area contributed by atoms with Crippen LogP contribution in [0.1, 0.15) is 43.2 Å². The van der Waals surface area contributed by atoms with Crippen LogP contribution in [0.15, 0.2) is 24.3 Å². The van der Waals surface area contributed by atoms with Crippen LogP contribution in [0.5, 0.6) is 0 Å². The maximum atomic E-state index is 9.90. The predicted octanol–water partition coefficient (Wildman–Crippen LogP) is 3.48. The van der Waals surface area contributed by atoms with Gasteiger partial charge in [-0.15, -0.1) is 0 Å². The Kier molecular flexibility index (Phi) is 4.00. The number of benzene rings is 1. The number of hydrogen-bond donors (Lipinski definition) is 1.